The van der Waals surface area contributed by atoms with E-state index < -0.39 is 31.3 Å². The number of hydrogen-bond donors (Lipinski definition) is 1. The Hall–Kier alpha value is -3.73. The Balaban J connectivity index is 1.44. The number of rotatable bonds is 8. The molecule has 2 amide bonds. The summed E-state index contributed by atoms with van der Waals surface area (Å²) in [6, 6.07) is 31.3. The van der Waals surface area contributed by atoms with Crippen molar-refractivity contribution < 1.29 is 23.8 Å². The Morgan fingerprint density at radius 3 is 2.22 bits per heavy atom. The van der Waals surface area contributed by atoms with Crippen LogP contribution in [0.15, 0.2) is 103 Å². The van der Waals surface area contributed by atoms with Crippen LogP contribution in [0, 0.1) is 5.92 Å². The molecule has 1 N–H and O–H groups in total. The Labute approximate surface area is 216 Å². The van der Waals surface area contributed by atoms with Gasteiger partial charge in [-0.1, -0.05) is 91.0 Å². The maximum atomic E-state index is 13.9. The number of benzene rings is 4. The van der Waals surface area contributed by atoms with Gasteiger partial charge < -0.3 is 9.63 Å². The smallest absolute Gasteiger partial charge is 0.416 e. The second kappa shape index (κ2) is 10.7. The van der Waals surface area contributed by atoms with Crippen molar-refractivity contribution in [1.82, 2.24) is 4.90 Å². The summed E-state index contributed by atoms with van der Waals surface area (Å²) < 4.78 is 19.0. The summed E-state index contributed by atoms with van der Waals surface area (Å²) in [6.07, 6.45) is -0.291. The highest BCUT2D eigenvalue weighted by molar-refractivity contribution is 7.66. The lowest BCUT2D eigenvalue weighted by Gasteiger charge is -2.26. The zero-order valence-electron chi connectivity index (χ0n) is 20.3. The first-order valence-electron chi connectivity index (χ1n) is 12.3. The zero-order valence-corrected chi connectivity index (χ0v) is 21.2. The molecule has 3 atom stereocenters. The molecule has 5 rings (SSSR count). The first-order chi connectivity index (χ1) is 17.9. The average Bonchev–Trinajstić information content (AvgIpc) is 3.28. The van der Waals surface area contributed by atoms with Gasteiger partial charge in [-0.15, -0.1) is 0 Å². The molecule has 0 aromatic heterocycles. The van der Waals surface area contributed by atoms with Gasteiger partial charge in [0.15, 0.2) is 0 Å². The monoisotopic (exact) mass is 513 g/mol. The van der Waals surface area contributed by atoms with Gasteiger partial charge in [0, 0.05) is 11.5 Å². The minimum absolute atomic E-state index is 0.0962. The van der Waals surface area contributed by atoms with E-state index in [0.717, 1.165) is 26.8 Å². The lowest BCUT2D eigenvalue weighted by molar-refractivity contribution is -0.132. The number of hydrogen-bond acceptors (Lipinski definition) is 4. The number of nitrogens with zero attached hydrogens (tertiary/aromatic N) is 1. The first kappa shape index (κ1) is 24.9. The van der Waals surface area contributed by atoms with E-state index in [1.54, 1.807) is 12.1 Å². The van der Waals surface area contributed by atoms with Crippen molar-refractivity contribution in [2.45, 2.75) is 18.9 Å². The standard InChI is InChI=1S/C30H28NO5P/c32-29(31-27(20-36-30(31)33)18-23-11-5-2-6-12-23)26(17-22-9-3-1-4-10-22)21-37(34,35)28-16-15-24-13-7-8-14-25(24)19-28/h1-16,19,26-27H,17-18,20-21H2,(H,34,35)/t26-,27-/m0/s1. The molecule has 188 valence electrons. The second-order valence-corrected chi connectivity index (χ2v) is 11.7. The van der Waals surface area contributed by atoms with Gasteiger partial charge >= 0.3 is 6.09 Å². The summed E-state index contributed by atoms with van der Waals surface area (Å²) in [5.74, 6) is -1.36. The number of imide groups is 1. The fourth-order valence-corrected chi connectivity index (χ4v) is 6.63. The molecule has 4 aromatic carbocycles. The molecular formula is C30H28NO5P. The number of cyclic esters (lactones) is 1. The van der Waals surface area contributed by atoms with Crippen molar-refractivity contribution in [1.29, 1.82) is 0 Å². The van der Waals surface area contributed by atoms with E-state index in [0.29, 0.717) is 11.7 Å². The zero-order chi connectivity index (χ0) is 25.8. The van der Waals surface area contributed by atoms with E-state index in [1.807, 2.05) is 91.0 Å². The predicted molar refractivity (Wildman–Crippen MR) is 144 cm³/mol. The third kappa shape index (κ3) is 5.66. The van der Waals surface area contributed by atoms with Gasteiger partial charge in [0.2, 0.25) is 13.3 Å². The number of carbonyl (C=O) groups excluding carboxylic acids is 2. The lowest BCUT2D eigenvalue weighted by Crippen LogP contribution is -2.45. The molecule has 1 aliphatic heterocycles. The molecule has 7 heteroatoms. The van der Waals surface area contributed by atoms with Crippen LogP contribution in [-0.4, -0.2) is 40.6 Å². The minimum Gasteiger partial charge on any atom is -0.447 e. The summed E-state index contributed by atoms with van der Waals surface area (Å²) >= 11 is 0. The van der Waals surface area contributed by atoms with Gasteiger partial charge in [0.05, 0.1) is 12.0 Å². The highest BCUT2D eigenvalue weighted by Gasteiger charge is 2.42. The molecule has 0 saturated carbocycles. The SMILES string of the molecule is O=C1OC[C@H](Cc2ccccc2)N1C(=O)[C@@H](Cc1ccccc1)CP(=O)(O)c1ccc2ccccc2c1. The van der Waals surface area contributed by atoms with Crippen LogP contribution in [-0.2, 0) is 26.9 Å². The Bertz CT molecular complexity index is 1460. The molecule has 1 unspecified atom stereocenters. The molecule has 37 heavy (non-hydrogen) atoms. The molecule has 0 aliphatic carbocycles. The molecule has 0 radical (unpaired) electrons. The van der Waals surface area contributed by atoms with Crippen LogP contribution in [0.5, 0.6) is 0 Å². The summed E-state index contributed by atoms with van der Waals surface area (Å²) in [4.78, 5) is 39.0. The van der Waals surface area contributed by atoms with Crippen LogP contribution in [0.4, 0.5) is 4.79 Å². The summed E-state index contributed by atoms with van der Waals surface area (Å²) in [6.45, 7) is 0.0962. The van der Waals surface area contributed by atoms with E-state index in [-0.39, 0.29) is 19.2 Å². The molecule has 1 heterocycles. The van der Waals surface area contributed by atoms with Crippen LogP contribution in [0.1, 0.15) is 11.1 Å². The fourth-order valence-electron chi connectivity index (χ4n) is 4.89. The molecule has 4 aromatic rings. The van der Waals surface area contributed by atoms with Crippen LogP contribution in [0.2, 0.25) is 0 Å². The topological polar surface area (TPSA) is 83.9 Å². The normalized spacial score (nSPS) is 17.8. The van der Waals surface area contributed by atoms with Crippen molar-refractivity contribution in [2.24, 2.45) is 5.92 Å². The summed E-state index contributed by atoms with van der Waals surface area (Å²) in [5.41, 5.74) is 1.83. The maximum absolute atomic E-state index is 13.9. The largest absolute Gasteiger partial charge is 0.447 e. The van der Waals surface area contributed by atoms with E-state index in [4.69, 9.17) is 4.74 Å². The number of fused-ring (bicyclic) bond motifs is 1. The van der Waals surface area contributed by atoms with Crippen LogP contribution in [0.3, 0.4) is 0 Å². The second-order valence-electron chi connectivity index (χ2n) is 9.43. The van der Waals surface area contributed by atoms with Crippen molar-refractivity contribution in [3.63, 3.8) is 0 Å². The molecule has 0 spiro atoms. The van der Waals surface area contributed by atoms with Crippen molar-refractivity contribution in [3.05, 3.63) is 114 Å². The molecule has 0 bridgehead atoms. The van der Waals surface area contributed by atoms with Crippen LogP contribution in [0.25, 0.3) is 10.8 Å². The highest BCUT2D eigenvalue weighted by atomic mass is 31.2. The summed E-state index contributed by atoms with van der Waals surface area (Å²) in [5, 5.41) is 2.11. The highest BCUT2D eigenvalue weighted by Crippen LogP contribution is 2.43. The van der Waals surface area contributed by atoms with Gasteiger partial charge in [0.1, 0.15) is 6.61 Å². The lowest BCUT2D eigenvalue weighted by atomic mass is 9.98. The van der Waals surface area contributed by atoms with Gasteiger partial charge in [-0.2, -0.15) is 0 Å². The molecular weight excluding hydrogens is 485 g/mol. The molecule has 1 aliphatic rings. The third-order valence-electron chi connectivity index (χ3n) is 6.79. The van der Waals surface area contributed by atoms with E-state index >= 15 is 0 Å². The maximum Gasteiger partial charge on any atom is 0.416 e. The van der Waals surface area contributed by atoms with Gasteiger partial charge in [0.25, 0.3) is 0 Å². The van der Waals surface area contributed by atoms with Crippen LogP contribution >= 0.6 is 7.37 Å². The Morgan fingerprint density at radius 1 is 0.892 bits per heavy atom. The van der Waals surface area contributed by atoms with E-state index in [1.165, 1.54) is 0 Å². The van der Waals surface area contributed by atoms with Crippen molar-refractivity contribution in [3.8, 4) is 0 Å². The van der Waals surface area contributed by atoms with Crippen LogP contribution < -0.4 is 5.30 Å². The number of carbonyl (C=O) groups is 2. The number of amides is 2. The van der Waals surface area contributed by atoms with E-state index in [2.05, 4.69) is 0 Å². The first-order valence-corrected chi connectivity index (χ1v) is 14.1. The van der Waals surface area contributed by atoms with E-state index in [9.17, 15) is 19.0 Å². The Kier molecular flexibility index (Phi) is 7.22. The van der Waals surface area contributed by atoms with Gasteiger partial charge in [-0.05, 0) is 46.9 Å². The molecule has 6 nitrogen and oxygen atoms in total. The fraction of sp³-hybridized carbons (Fsp3) is 0.200. The van der Waals surface area contributed by atoms with Crippen molar-refractivity contribution >= 4 is 35.4 Å². The Morgan fingerprint density at radius 2 is 1.51 bits per heavy atom. The molecule has 1 saturated heterocycles. The quantitative estimate of drug-likeness (QED) is 0.328. The predicted octanol–water partition coefficient (Wildman–Crippen LogP) is 5.18. The minimum atomic E-state index is -3.94. The molecule has 1 fully saturated rings. The number of ether oxygens (including phenoxy) is 1. The average molecular weight is 514 g/mol. The van der Waals surface area contributed by atoms with Gasteiger partial charge in [-0.3, -0.25) is 9.36 Å². The summed E-state index contributed by atoms with van der Waals surface area (Å²) in [7, 11) is -3.94. The van der Waals surface area contributed by atoms with Crippen molar-refractivity contribution in [2.75, 3.05) is 12.8 Å². The van der Waals surface area contributed by atoms with Gasteiger partial charge in [-0.25, -0.2) is 9.69 Å². The third-order valence-corrected chi connectivity index (χ3v) is 8.81.